The molecule has 0 aliphatic heterocycles. The molecule has 0 spiro atoms. The molecule has 0 atom stereocenters. The zero-order chi connectivity index (χ0) is 19.1. The van der Waals surface area contributed by atoms with E-state index in [2.05, 4.69) is 42.7 Å². The van der Waals surface area contributed by atoms with Gasteiger partial charge < -0.3 is 25.8 Å². The first kappa shape index (κ1) is 18.5. The highest BCUT2D eigenvalue weighted by molar-refractivity contribution is 5.75. The van der Waals surface area contributed by atoms with Crippen molar-refractivity contribution in [1.29, 1.82) is 0 Å². The van der Waals surface area contributed by atoms with Gasteiger partial charge >= 0.3 is 6.01 Å². The highest BCUT2D eigenvalue weighted by Crippen LogP contribution is 2.25. The van der Waals surface area contributed by atoms with Crippen molar-refractivity contribution in [3.05, 3.63) is 12.1 Å². The maximum absolute atomic E-state index is 10.7. The maximum atomic E-state index is 10.7. The summed E-state index contributed by atoms with van der Waals surface area (Å²) < 4.78 is 10.6. The molecule has 0 bridgehead atoms. The molecule has 2 aromatic heterocycles. The lowest BCUT2D eigenvalue weighted by Gasteiger charge is -2.09. The number of anilines is 2. The van der Waals surface area contributed by atoms with Crippen LogP contribution in [0.15, 0.2) is 12.1 Å². The van der Waals surface area contributed by atoms with E-state index in [1.165, 1.54) is 12.1 Å². The second-order valence-electron chi connectivity index (χ2n) is 6.03. The molecule has 1 fully saturated rings. The smallest absolute Gasteiger partial charge is 0.330 e. The fraction of sp³-hybridized carbons (Fsp3) is 0.500. The molecule has 11 nitrogen and oxygen atoms in total. The van der Waals surface area contributed by atoms with Crippen LogP contribution in [0.25, 0.3) is 0 Å². The van der Waals surface area contributed by atoms with Crippen LogP contribution in [-0.2, 0) is 4.79 Å². The van der Waals surface area contributed by atoms with Crippen LogP contribution in [-0.4, -0.2) is 50.2 Å². The number of aromatic nitrogens is 5. The van der Waals surface area contributed by atoms with E-state index in [1.54, 1.807) is 0 Å². The molecule has 3 rings (SSSR count). The molecule has 1 amide bonds. The van der Waals surface area contributed by atoms with Gasteiger partial charge in [-0.3, -0.25) is 4.79 Å². The molecule has 2 aromatic rings. The molecule has 1 saturated carbocycles. The number of carbonyl (C=O) groups excluding carboxylic acids is 1. The van der Waals surface area contributed by atoms with Gasteiger partial charge in [-0.25, -0.2) is 0 Å². The van der Waals surface area contributed by atoms with Crippen molar-refractivity contribution in [2.24, 2.45) is 5.73 Å². The Balaban J connectivity index is 1.68. The molecule has 0 unspecified atom stereocenters. The Hall–Kier alpha value is -3.24. The van der Waals surface area contributed by atoms with Crippen LogP contribution >= 0.6 is 0 Å². The molecular weight excluding hydrogens is 352 g/mol. The quantitative estimate of drug-likeness (QED) is 0.488. The molecule has 0 aromatic carbocycles. The van der Waals surface area contributed by atoms with Gasteiger partial charge in [0.1, 0.15) is 0 Å². The van der Waals surface area contributed by atoms with E-state index in [0.717, 1.165) is 32.2 Å². The normalized spacial score (nSPS) is 13.1. The Morgan fingerprint density at radius 2 is 1.93 bits per heavy atom. The Labute approximate surface area is 156 Å². The number of hydrogen-bond acceptors (Lipinski definition) is 10. The van der Waals surface area contributed by atoms with Gasteiger partial charge in [0.2, 0.25) is 23.7 Å². The highest BCUT2D eigenvalue weighted by atomic mass is 16.5. The number of nitrogens with two attached hydrogens (primary N) is 1. The Bertz CT molecular complexity index is 767. The number of unbranched alkanes of at least 4 members (excludes halogenated alkanes) is 1. The summed E-state index contributed by atoms with van der Waals surface area (Å²) in [5, 5.41) is 14.1. The van der Waals surface area contributed by atoms with Crippen LogP contribution < -0.4 is 25.8 Å². The van der Waals surface area contributed by atoms with Gasteiger partial charge in [-0.2, -0.15) is 15.0 Å². The van der Waals surface area contributed by atoms with Crippen molar-refractivity contribution in [2.45, 2.75) is 38.6 Å². The second kappa shape index (κ2) is 8.92. The predicted molar refractivity (Wildman–Crippen MR) is 96.7 cm³/mol. The Morgan fingerprint density at radius 1 is 1.19 bits per heavy atom. The number of amides is 1. The number of nitrogens with zero attached hydrogens (tertiary/aromatic N) is 5. The van der Waals surface area contributed by atoms with Crippen LogP contribution in [0.4, 0.5) is 11.9 Å². The van der Waals surface area contributed by atoms with Gasteiger partial charge in [-0.05, 0) is 19.3 Å². The summed E-state index contributed by atoms with van der Waals surface area (Å²) in [6.45, 7) is 2.60. The third kappa shape index (κ3) is 6.20. The topological polar surface area (TPSA) is 150 Å². The monoisotopic (exact) mass is 374 g/mol. The highest BCUT2D eigenvalue weighted by Gasteiger charge is 2.23. The third-order valence-corrected chi connectivity index (χ3v) is 3.51. The van der Waals surface area contributed by atoms with Crippen LogP contribution in [0.5, 0.6) is 17.8 Å². The van der Waals surface area contributed by atoms with E-state index in [0.29, 0.717) is 17.9 Å². The summed E-state index contributed by atoms with van der Waals surface area (Å²) in [6.07, 6.45) is 4.26. The van der Waals surface area contributed by atoms with Gasteiger partial charge in [0, 0.05) is 24.7 Å². The molecule has 1 aliphatic rings. The second-order valence-corrected chi connectivity index (χ2v) is 6.03. The summed E-state index contributed by atoms with van der Waals surface area (Å²) in [5.41, 5.74) is 5.01. The fourth-order valence-corrected chi connectivity index (χ4v) is 2.01. The molecule has 2 heterocycles. The van der Waals surface area contributed by atoms with E-state index in [1.807, 2.05) is 0 Å². The average Bonchev–Trinajstić information content (AvgIpc) is 3.45. The van der Waals surface area contributed by atoms with Crippen molar-refractivity contribution < 1.29 is 14.3 Å². The lowest BCUT2D eigenvalue weighted by atomic mass is 10.3. The number of nitrogens with one attached hydrogen (secondary N) is 2. The number of ether oxygens (including phenoxy) is 2. The van der Waals surface area contributed by atoms with E-state index in [4.69, 9.17) is 15.2 Å². The number of primary amides is 1. The molecule has 11 heteroatoms. The lowest BCUT2D eigenvalue weighted by Crippen LogP contribution is -2.20. The predicted octanol–water partition coefficient (Wildman–Crippen LogP) is 1.10. The van der Waals surface area contributed by atoms with Crippen molar-refractivity contribution in [3.63, 3.8) is 0 Å². The van der Waals surface area contributed by atoms with Crippen molar-refractivity contribution in [3.8, 4) is 17.8 Å². The number of rotatable bonds is 11. The zero-order valence-electron chi connectivity index (χ0n) is 15.0. The van der Waals surface area contributed by atoms with Crippen molar-refractivity contribution in [1.82, 2.24) is 25.1 Å². The van der Waals surface area contributed by atoms with E-state index in [9.17, 15) is 4.79 Å². The van der Waals surface area contributed by atoms with E-state index < -0.39 is 5.91 Å². The van der Waals surface area contributed by atoms with Gasteiger partial charge in [0.25, 0.3) is 5.91 Å². The van der Waals surface area contributed by atoms with E-state index >= 15 is 0 Å². The number of carbonyl (C=O) groups is 1. The molecule has 0 saturated heterocycles. The van der Waals surface area contributed by atoms with Crippen molar-refractivity contribution in [2.75, 3.05) is 23.8 Å². The molecule has 27 heavy (non-hydrogen) atoms. The summed E-state index contributed by atoms with van der Waals surface area (Å²) in [4.78, 5) is 23.6. The first-order valence-electron chi connectivity index (χ1n) is 8.81. The first-order valence-corrected chi connectivity index (χ1v) is 8.81. The minimum atomic E-state index is -0.596. The van der Waals surface area contributed by atoms with Crippen molar-refractivity contribution >= 4 is 17.8 Å². The average molecular weight is 374 g/mol. The van der Waals surface area contributed by atoms with Gasteiger partial charge in [0.15, 0.2) is 6.61 Å². The minimum absolute atomic E-state index is 0.104. The lowest BCUT2D eigenvalue weighted by molar-refractivity contribution is -0.120. The zero-order valence-corrected chi connectivity index (χ0v) is 15.0. The van der Waals surface area contributed by atoms with Crippen LogP contribution in [0.2, 0.25) is 0 Å². The molecule has 144 valence electrons. The fourth-order valence-electron chi connectivity index (χ4n) is 2.01. The number of hydrogen-bond donors (Lipinski definition) is 3. The molecular formula is C16H22N8O3. The van der Waals surface area contributed by atoms with Crippen LogP contribution in [0, 0.1) is 0 Å². The molecule has 0 radical (unpaired) electrons. The summed E-state index contributed by atoms with van der Waals surface area (Å²) in [6, 6.07) is 3.54. The molecule has 1 aliphatic carbocycles. The summed E-state index contributed by atoms with van der Waals surface area (Å²) >= 11 is 0. The SMILES string of the molecule is CCCCNc1nc(NC2CC2)nc(Oc2ccc(OCC(N)=O)nn2)n1. The van der Waals surface area contributed by atoms with E-state index in [-0.39, 0.29) is 24.4 Å². The van der Waals surface area contributed by atoms with Crippen LogP contribution in [0.3, 0.4) is 0 Å². The molecule has 4 N–H and O–H groups in total. The summed E-state index contributed by atoms with van der Waals surface area (Å²) in [5.74, 6) is 0.641. The van der Waals surface area contributed by atoms with Gasteiger partial charge in [-0.1, -0.05) is 13.3 Å². The van der Waals surface area contributed by atoms with Gasteiger partial charge in [0.05, 0.1) is 0 Å². The third-order valence-electron chi connectivity index (χ3n) is 3.51. The minimum Gasteiger partial charge on any atom is -0.466 e. The van der Waals surface area contributed by atoms with Crippen LogP contribution in [0.1, 0.15) is 32.6 Å². The standard InChI is InChI=1S/C16H22N8O3/c1-2-3-8-18-14-20-15(19-10-4-5-10)22-16(21-14)27-13-7-6-12(23-24-13)26-9-11(17)25/h6-7,10H,2-5,8-9H2,1H3,(H2,17,25)(H2,18,19,20,21,22). The Kier molecular flexibility index (Phi) is 6.13. The summed E-state index contributed by atoms with van der Waals surface area (Å²) in [7, 11) is 0. The largest absolute Gasteiger partial charge is 0.466 e. The Morgan fingerprint density at radius 3 is 2.59 bits per heavy atom. The van der Waals surface area contributed by atoms with Gasteiger partial charge in [-0.15, -0.1) is 10.2 Å². The first-order chi connectivity index (χ1) is 13.1. The maximum Gasteiger partial charge on any atom is 0.330 e.